The SMILES string of the molecule is NC(N)=NC(=O)c1ccc(C2CCN(C(=O)c3ccc(S)cc3)CC2)cc1. The van der Waals surface area contributed by atoms with Gasteiger partial charge >= 0.3 is 0 Å². The average molecular weight is 382 g/mol. The number of aliphatic imine (C=N–C) groups is 1. The van der Waals surface area contributed by atoms with E-state index in [-0.39, 0.29) is 11.9 Å². The van der Waals surface area contributed by atoms with Crippen LogP contribution >= 0.6 is 12.6 Å². The minimum absolute atomic E-state index is 0.0555. The van der Waals surface area contributed by atoms with E-state index in [0.717, 1.165) is 23.3 Å². The van der Waals surface area contributed by atoms with E-state index in [1.54, 1.807) is 12.1 Å². The second-order valence-electron chi connectivity index (χ2n) is 6.58. The Hall–Kier alpha value is -2.80. The molecular formula is C20H22N4O2S. The molecule has 2 aromatic carbocycles. The maximum Gasteiger partial charge on any atom is 0.280 e. The molecule has 140 valence electrons. The second-order valence-corrected chi connectivity index (χ2v) is 7.09. The summed E-state index contributed by atoms with van der Waals surface area (Å²) in [5.41, 5.74) is 12.8. The van der Waals surface area contributed by atoms with Crippen LogP contribution in [-0.4, -0.2) is 35.8 Å². The van der Waals surface area contributed by atoms with Crippen molar-refractivity contribution in [1.82, 2.24) is 4.90 Å². The van der Waals surface area contributed by atoms with Gasteiger partial charge in [-0.15, -0.1) is 12.6 Å². The summed E-state index contributed by atoms with van der Waals surface area (Å²) in [5, 5.41) is 0. The standard InChI is InChI=1S/C20H22N4O2S/c21-20(22)23-18(25)15-3-1-13(2-4-15)14-9-11-24(12-10-14)19(26)16-5-7-17(27)8-6-16/h1-8,14,27H,9-12H2,(H4,21,22,23,25). The van der Waals surface area contributed by atoms with Crippen LogP contribution in [0.3, 0.4) is 0 Å². The maximum atomic E-state index is 12.6. The fraction of sp³-hybridized carbons (Fsp3) is 0.250. The fourth-order valence-electron chi connectivity index (χ4n) is 3.28. The number of hydrogen-bond acceptors (Lipinski definition) is 3. The number of nitrogens with zero attached hydrogens (tertiary/aromatic N) is 2. The molecule has 0 unspecified atom stereocenters. The maximum absolute atomic E-state index is 12.6. The molecule has 1 aliphatic rings. The molecule has 1 fully saturated rings. The van der Waals surface area contributed by atoms with Gasteiger partial charge in [0, 0.05) is 29.1 Å². The van der Waals surface area contributed by atoms with Crippen molar-refractivity contribution in [1.29, 1.82) is 0 Å². The van der Waals surface area contributed by atoms with Gasteiger partial charge in [-0.2, -0.15) is 4.99 Å². The summed E-state index contributed by atoms with van der Waals surface area (Å²) >= 11 is 4.25. The molecule has 1 saturated heterocycles. The summed E-state index contributed by atoms with van der Waals surface area (Å²) in [6.07, 6.45) is 1.77. The van der Waals surface area contributed by atoms with Crippen molar-refractivity contribution >= 4 is 30.4 Å². The van der Waals surface area contributed by atoms with Gasteiger partial charge in [-0.25, -0.2) is 0 Å². The van der Waals surface area contributed by atoms with Gasteiger partial charge in [-0.05, 0) is 60.7 Å². The molecule has 3 rings (SSSR count). The number of hydrogen-bond donors (Lipinski definition) is 3. The Balaban J connectivity index is 1.60. The minimum Gasteiger partial charge on any atom is -0.370 e. The third kappa shape index (κ3) is 4.68. The normalized spacial score (nSPS) is 14.6. The third-order valence-electron chi connectivity index (χ3n) is 4.76. The minimum atomic E-state index is -0.450. The molecule has 0 radical (unpaired) electrons. The Labute approximate surface area is 163 Å². The molecule has 2 aromatic rings. The highest BCUT2D eigenvalue weighted by atomic mass is 32.1. The van der Waals surface area contributed by atoms with Crippen molar-refractivity contribution in [3.63, 3.8) is 0 Å². The van der Waals surface area contributed by atoms with Crippen molar-refractivity contribution < 1.29 is 9.59 Å². The summed E-state index contributed by atoms with van der Waals surface area (Å²) < 4.78 is 0. The largest absolute Gasteiger partial charge is 0.370 e. The Bertz CT molecular complexity index is 851. The van der Waals surface area contributed by atoms with Crippen LogP contribution in [-0.2, 0) is 0 Å². The van der Waals surface area contributed by atoms with Crippen LogP contribution in [0, 0.1) is 0 Å². The van der Waals surface area contributed by atoms with E-state index in [1.165, 1.54) is 0 Å². The van der Waals surface area contributed by atoms with Crippen molar-refractivity contribution in [3.05, 3.63) is 65.2 Å². The third-order valence-corrected chi connectivity index (χ3v) is 5.05. The first-order valence-electron chi connectivity index (χ1n) is 8.76. The number of piperidine rings is 1. The van der Waals surface area contributed by atoms with E-state index in [1.807, 2.05) is 41.3 Å². The molecule has 7 heteroatoms. The van der Waals surface area contributed by atoms with Gasteiger partial charge in [-0.3, -0.25) is 9.59 Å². The lowest BCUT2D eigenvalue weighted by Gasteiger charge is -2.32. The number of carbonyl (C=O) groups is 2. The van der Waals surface area contributed by atoms with Crippen LogP contribution in [0.1, 0.15) is 45.0 Å². The van der Waals surface area contributed by atoms with E-state index in [0.29, 0.717) is 30.1 Å². The van der Waals surface area contributed by atoms with Crippen molar-refractivity contribution in [2.45, 2.75) is 23.7 Å². The predicted molar refractivity (Wildman–Crippen MR) is 108 cm³/mol. The first kappa shape index (κ1) is 19.0. The lowest BCUT2D eigenvalue weighted by molar-refractivity contribution is 0.0712. The molecule has 1 heterocycles. The smallest absolute Gasteiger partial charge is 0.280 e. The number of benzene rings is 2. The molecule has 27 heavy (non-hydrogen) atoms. The molecule has 0 aliphatic carbocycles. The van der Waals surface area contributed by atoms with Crippen LogP contribution in [0.4, 0.5) is 0 Å². The number of amides is 2. The quantitative estimate of drug-likeness (QED) is 0.431. The number of carbonyl (C=O) groups excluding carboxylic acids is 2. The zero-order valence-corrected chi connectivity index (χ0v) is 15.7. The van der Waals surface area contributed by atoms with Gasteiger partial charge in [0.15, 0.2) is 5.96 Å². The van der Waals surface area contributed by atoms with Crippen LogP contribution in [0.5, 0.6) is 0 Å². The zero-order valence-electron chi connectivity index (χ0n) is 14.8. The molecule has 0 spiro atoms. The van der Waals surface area contributed by atoms with Gasteiger partial charge < -0.3 is 16.4 Å². The molecule has 4 N–H and O–H groups in total. The number of guanidine groups is 1. The predicted octanol–water partition coefficient (Wildman–Crippen LogP) is 2.41. The zero-order chi connectivity index (χ0) is 19.4. The van der Waals surface area contributed by atoms with Gasteiger partial charge in [0.2, 0.25) is 0 Å². The first-order chi connectivity index (χ1) is 12.9. The van der Waals surface area contributed by atoms with Crippen LogP contribution in [0.15, 0.2) is 58.4 Å². The van der Waals surface area contributed by atoms with Crippen molar-refractivity contribution in [2.24, 2.45) is 16.5 Å². The Morgan fingerprint density at radius 1 is 0.926 bits per heavy atom. The highest BCUT2D eigenvalue weighted by Gasteiger charge is 2.24. The molecule has 6 nitrogen and oxygen atoms in total. The van der Waals surface area contributed by atoms with Crippen LogP contribution < -0.4 is 11.5 Å². The summed E-state index contributed by atoms with van der Waals surface area (Å²) in [6, 6.07) is 14.6. The van der Waals surface area contributed by atoms with Gasteiger partial charge in [0.25, 0.3) is 11.8 Å². The molecular weight excluding hydrogens is 360 g/mol. The van der Waals surface area contributed by atoms with Crippen molar-refractivity contribution in [3.8, 4) is 0 Å². The van der Waals surface area contributed by atoms with E-state index in [9.17, 15) is 9.59 Å². The molecule has 0 saturated carbocycles. The lowest BCUT2D eigenvalue weighted by atomic mass is 9.88. The number of rotatable bonds is 3. The molecule has 0 aromatic heterocycles. The number of thiol groups is 1. The highest BCUT2D eigenvalue weighted by molar-refractivity contribution is 7.80. The highest BCUT2D eigenvalue weighted by Crippen LogP contribution is 2.29. The summed E-state index contributed by atoms with van der Waals surface area (Å²) in [7, 11) is 0. The lowest BCUT2D eigenvalue weighted by Crippen LogP contribution is -2.37. The average Bonchev–Trinajstić information content (AvgIpc) is 2.68. The molecule has 0 atom stereocenters. The molecule has 0 bridgehead atoms. The Kier molecular flexibility index (Phi) is 5.81. The summed E-state index contributed by atoms with van der Waals surface area (Å²) in [4.78, 5) is 30.7. The topological polar surface area (TPSA) is 102 Å². The van der Waals surface area contributed by atoms with Gasteiger partial charge in [-0.1, -0.05) is 12.1 Å². The number of likely N-dealkylation sites (tertiary alicyclic amines) is 1. The van der Waals surface area contributed by atoms with E-state index < -0.39 is 5.91 Å². The van der Waals surface area contributed by atoms with E-state index >= 15 is 0 Å². The van der Waals surface area contributed by atoms with E-state index in [4.69, 9.17) is 11.5 Å². The second kappa shape index (κ2) is 8.26. The van der Waals surface area contributed by atoms with Gasteiger partial charge in [0.05, 0.1) is 0 Å². The molecule has 1 aliphatic heterocycles. The Morgan fingerprint density at radius 2 is 1.48 bits per heavy atom. The Morgan fingerprint density at radius 3 is 2.04 bits per heavy atom. The van der Waals surface area contributed by atoms with Gasteiger partial charge in [0.1, 0.15) is 0 Å². The van der Waals surface area contributed by atoms with Crippen LogP contribution in [0.25, 0.3) is 0 Å². The van der Waals surface area contributed by atoms with Crippen LogP contribution in [0.2, 0.25) is 0 Å². The summed E-state index contributed by atoms with van der Waals surface area (Å²) in [5.74, 6) is -0.277. The first-order valence-corrected chi connectivity index (χ1v) is 9.21. The number of nitrogens with two attached hydrogens (primary N) is 2. The summed E-state index contributed by atoms with van der Waals surface area (Å²) in [6.45, 7) is 1.42. The monoisotopic (exact) mass is 382 g/mol. The molecule has 2 amide bonds. The fourth-order valence-corrected chi connectivity index (χ4v) is 3.43. The van der Waals surface area contributed by atoms with Crippen molar-refractivity contribution in [2.75, 3.05) is 13.1 Å². The van der Waals surface area contributed by atoms with E-state index in [2.05, 4.69) is 17.6 Å².